The quantitative estimate of drug-likeness (QED) is 0.759. The number of nitrogens with zero attached hydrogens (tertiary/aromatic N) is 1. The Morgan fingerprint density at radius 2 is 2.05 bits per heavy atom. The number of hydrogen-bond acceptors (Lipinski definition) is 2. The van der Waals surface area contributed by atoms with Gasteiger partial charge in [0.15, 0.2) is 0 Å². The molecular weight excluding hydrogens is 275 g/mol. The monoisotopic (exact) mass is 286 g/mol. The van der Waals surface area contributed by atoms with Crippen LogP contribution in [-0.2, 0) is 6.54 Å². The zero-order valence-corrected chi connectivity index (χ0v) is 11.4. The molecule has 0 aliphatic rings. The van der Waals surface area contributed by atoms with Crippen LogP contribution in [-0.4, -0.2) is 4.98 Å². The Balaban J connectivity index is 1.87. The van der Waals surface area contributed by atoms with Crippen molar-refractivity contribution in [1.82, 2.24) is 4.98 Å². The summed E-state index contributed by atoms with van der Waals surface area (Å²) in [5.41, 5.74) is 1.77. The second-order valence-corrected chi connectivity index (χ2v) is 4.97. The predicted molar refractivity (Wildman–Crippen MR) is 80.5 cm³/mol. The van der Waals surface area contributed by atoms with Crippen LogP contribution in [0, 0.1) is 5.82 Å². The van der Waals surface area contributed by atoms with Crippen LogP contribution < -0.4 is 5.32 Å². The molecule has 0 aliphatic heterocycles. The van der Waals surface area contributed by atoms with E-state index < -0.39 is 0 Å². The molecule has 2 nitrogen and oxygen atoms in total. The molecule has 1 aromatic heterocycles. The Morgan fingerprint density at radius 1 is 1.15 bits per heavy atom. The normalized spacial score (nSPS) is 10.7. The van der Waals surface area contributed by atoms with Gasteiger partial charge >= 0.3 is 0 Å². The van der Waals surface area contributed by atoms with Crippen LogP contribution in [0.25, 0.3) is 10.8 Å². The van der Waals surface area contributed by atoms with E-state index in [2.05, 4.69) is 10.3 Å². The fraction of sp³-hybridized carbons (Fsp3) is 0.0625. The molecule has 1 heterocycles. The van der Waals surface area contributed by atoms with E-state index in [-0.39, 0.29) is 5.82 Å². The van der Waals surface area contributed by atoms with Crippen molar-refractivity contribution >= 4 is 28.1 Å². The molecule has 0 bridgehead atoms. The van der Waals surface area contributed by atoms with E-state index in [1.54, 1.807) is 12.3 Å². The summed E-state index contributed by atoms with van der Waals surface area (Å²) in [4.78, 5) is 4.14. The first kappa shape index (κ1) is 12.9. The molecule has 100 valence electrons. The van der Waals surface area contributed by atoms with Gasteiger partial charge in [-0.05, 0) is 41.3 Å². The van der Waals surface area contributed by atoms with E-state index in [4.69, 9.17) is 11.6 Å². The first-order chi connectivity index (χ1) is 9.72. The summed E-state index contributed by atoms with van der Waals surface area (Å²) in [7, 11) is 0. The molecule has 0 spiro atoms. The third-order valence-corrected chi connectivity index (χ3v) is 3.31. The maximum atomic E-state index is 13.3. The Labute approximate surface area is 121 Å². The van der Waals surface area contributed by atoms with E-state index in [1.807, 2.05) is 30.5 Å². The lowest BCUT2D eigenvalue weighted by atomic mass is 10.1. The molecular formula is C16H12ClFN2. The first-order valence-corrected chi connectivity index (χ1v) is 6.62. The summed E-state index contributed by atoms with van der Waals surface area (Å²) in [5.74, 6) is -0.325. The molecule has 0 atom stereocenters. The van der Waals surface area contributed by atoms with Gasteiger partial charge in [-0.25, -0.2) is 4.39 Å². The highest BCUT2D eigenvalue weighted by molar-refractivity contribution is 6.30. The zero-order valence-electron chi connectivity index (χ0n) is 10.6. The lowest BCUT2D eigenvalue weighted by Crippen LogP contribution is -2.00. The van der Waals surface area contributed by atoms with Gasteiger partial charge in [0.05, 0.1) is 0 Å². The summed E-state index contributed by atoms with van der Waals surface area (Å²) in [6, 6.07) is 12.5. The van der Waals surface area contributed by atoms with Crippen molar-refractivity contribution in [1.29, 1.82) is 0 Å². The maximum absolute atomic E-state index is 13.3. The van der Waals surface area contributed by atoms with Crippen LogP contribution in [0.15, 0.2) is 54.9 Å². The molecule has 0 aliphatic carbocycles. The average Bonchev–Trinajstić information content (AvgIpc) is 2.44. The SMILES string of the molecule is Fc1cc(Cl)cc(CNc2cccc3ccncc23)c1. The summed E-state index contributed by atoms with van der Waals surface area (Å²) in [6.07, 6.45) is 3.58. The molecule has 0 radical (unpaired) electrons. The van der Waals surface area contributed by atoms with Gasteiger partial charge in [-0.15, -0.1) is 0 Å². The molecule has 1 N–H and O–H groups in total. The van der Waals surface area contributed by atoms with Crippen molar-refractivity contribution in [3.63, 3.8) is 0 Å². The largest absolute Gasteiger partial charge is 0.380 e. The standard InChI is InChI=1S/C16H12ClFN2/c17-13-6-11(7-14(18)8-13)9-20-16-3-1-2-12-4-5-19-10-15(12)16/h1-8,10,20H,9H2. The number of aromatic nitrogens is 1. The van der Waals surface area contributed by atoms with Gasteiger partial charge in [0.25, 0.3) is 0 Å². The Bertz CT molecular complexity index is 733. The highest BCUT2D eigenvalue weighted by Gasteiger charge is 2.02. The highest BCUT2D eigenvalue weighted by Crippen LogP contribution is 2.23. The molecule has 20 heavy (non-hydrogen) atoms. The summed E-state index contributed by atoms with van der Waals surface area (Å²) in [6.45, 7) is 0.505. The average molecular weight is 287 g/mol. The number of pyridine rings is 1. The number of rotatable bonds is 3. The van der Waals surface area contributed by atoms with Gasteiger partial charge in [-0.3, -0.25) is 4.98 Å². The minimum Gasteiger partial charge on any atom is -0.380 e. The van der Waals surface area contributed by atoms with Gasteiger partial charge in [0.2, 0.25) is 0 Å². The minimum atomic E-state index is -0.325. The van der Waals surface area contributed by atoms with Gasteiger partial charge in [0.1, 0.15) is 5.82 Å². The summed E-state index contributed by atoms with van der Waals surface area (Å²) >= 11 is 5.85. The van der Waals surface area contributed by atoms with E-state index >= 15 is 0 Å². The van der Waals surface area contributed by atoms with E-state index in [9.17, 15) is 4.39 Å². The number of halogens is 2. The number of hydrogen-bond donors (Lipinski definition) is 1. The Hall–Kier alpha value is -2.13. The van der Waals surface area contributed by atoms with Crippen LogP contribution in [0.1, 0.15) is 5.56 Å². The van der Waals surface area contributed by atoms with Crippen molar-refractivity contribution in [3.8, 4) is 0 Å². The summed E-state index contributed by atoms with van der Waals surface area (Å²) < 4.78 is 13.3. The summed E-state index contributed by atoms with van der Waals surface area (Å²) in [5, 5.41) is 5.85. The van der Waals surface area contributed by atoms with Crippen LogP contribution in [0.3, 0.4) is 0 Å². The molecule has 3 aromatic rings. The third kappa shape index (κ3) is 2.73. The maximum Gasteiger partial charge on any atom is 0.125 e. The van der Waals surface area contributed by atoms with Crippen LogP contribution >= 0.6 is 11.6 Å². The number of fused-ring (bicyclic) bond motifs is 1. The lowest BCUT2D eigenvalue weighted by molar-refractivity contribution is 0.626. The van der Waals surface area contributed by atoms with E-state index in [0.717, 1.165) is 22.0 Å². The highest BCUT2D eigenvalue weighted by atomic mass is 35.5. The van der Waals surface area contributed by atoms with Crippen LogP contribution in [0.2, 0.25) is 5.02 Å². The number of benzene rings is 2. The van der Waals surface area contributed by atoms with Crippen molar-refractivity contribution in [2.75, 3.05) is 5.32 Å². The topological polar surface area (TPSA) is 24.9 Å². The molecule has 2 aromatic carbocycles. The van der Waals surface area contributed by atoms with Gasteiger partial charge in [-0.1, -0.05) is 23.7 Å². The van der Waals surface area contributed by atoms with Crippen molar-refractivity contribution in [2.45, 2.75) is 6.54 Å². The number of nitrogens with one attached hydrogen (secondary N) is 1. The van der Waals surface area contributed by atoms with Crippen LogP contribution in [0.5, 0.6) is 0 Å². The van der Waals surface area contributed by atoms with Gasteiger partial charge in [0, 0.05) is 35.0 Å². The Kier molecular flexibility index (Phi) is 3.52. The second-order valence-electron chi connectivity index (χ2n) is 4.53. The molecule has 4 heteroatoms. The van der Waals surface area contributed by atoms with Crippen molar-refractivity contribution in [2.24, 2.45) is 0 Å². The van der Waals surface area contributed by atoms with Crippen molar-refractivity contribution < 1.29 is 4.39 Å². The first-order valence-electron chi connectivity index (χ1n) is 6.24. The lowest BCUT2D eigenvalue weighted by Gasteiger charge is -2.10. The predicted octanol–water partition coefficient (Wildman–Crippen LogP) is 4.64. The molecule has 0 fully saturated rings. The smallest absolute Gasteiger partial charge is 0.125 e. The molecule has 0 unspecified atom stereocenters. The fourth-order valence-corrected chi connectivity index (χ4v) is 2.42. The van der Waals surface area contributed by atoms with E-state index in [0.29, 0.717) is 11.6 Å². The van der Waals surface area contributed by atoms with Gasteiger partial charge < -0.3 is 5.32 Å². The molecule has 0 saturated heterocycles. The molecule has 3 rings (SSSR count). The third-order valence-electron chi connectivity index (χ3n) is 3.09. The minimum absolute atomic E-state index is 0.325. The van der Waals surface area contributed by atoms with Crippen LogP contribution in [0.4, 0.5) is 10.1 Å². The second kappa shape index (κ2) is 5.47. The molecule has 0 amide bonds. The Morgan fingerprint density at radius 3 is 2.90 bits per heavy atom. The molecule has 0 saturated carbocycles. The number of anilines is 1. The van der Waals surface area contributed by atoms with Gasteiger partial charge in [-0.2, -0.15) is 0 Å². The van der Waals surface area contributed by atoms with Crippen molar-refractivity contribution in [3.05, 3.63) is 71.3 Å². The fourth-order valence-electron chi connectivity index (χ4n) is 2.18. The van der Waals surface area contributed by atoms with E-state index in [1.165, 1.54) is 12.1 Å². The zero-order chi connectivity index (χ0) is 13.9.